The molecule has 0 aliphatic carbocycles. The van der Waals surface area contributed by atoms with Crippen molar-refractivity contribution in [2.45, 2.75) is 37.0 Å². The number of carbonyl (C=O) groups is 1. The molecule has 0 aliphatic heterocycles. The van der Waals surface area contributed by atoms with Gasteiger partial charge in [-0.25, -0.2) is 8.42 Å². The number of sulfonamides is 1. The van der Waals surface area contributed by atoms with E-state index in [9.17, 15) is 26.4 Å². The third-order valence-electron chi connectivity index (χ3n) is 4.28. The van der Waals surface area contributed by atoms with Crippen LogP contribution in [-0.4, -0.2) is 32.4 Å². The van der Waals surface area contributed by atoms with Crippen molar-refractivity contribution < 1.29 is 26.4 Å². The van der Waals surface area contributed by atoms with Gasteiger partial charge in [0.15, 0.2) is 0 Å². The Bertz CT molecular complexity index is 962. The minimum atomic E-state index is -4.48. The number of halogens is 3. The minimum absolute atomic E-state index is 0.0351. The third-order valence-corrected chi connectivity index (χ3v) is 6.41. The molecule has 2 aromatic rings. The zero-order valence-corrected chi connectivity index (χ0v) is 18.1. The number of hydrogen-bond donors (Lipinski definition) is 2. The Hall–Kier alpha value is -2.04. The van der Waals surface area contributed by atoms with Crippen LogP contribution in [0, 0.1) is 6.92 Å². The van der Waals surface area contributed by atoms with E-state index >= 15 is 0 Å². The van der Waals surface area contributed by atoms with Gasteiger partial charge in [-0.15, -0.1) is 0 Å². The van der Waals surface area contributed by atoms with Gasteiger partial charge in [0.1, 0.15) is 6.04 Å². The van der Waals surface area contributed by atoms with Gasteiger partial charge in [0, 0.05) is 6.54 Å². The van der Waals surface area contributed by atoms with Gasteiger partial charge >= 0.3 is 6.18 Å². The number of carbonyl (C=O) groups excluding carboxylic acids is 1. The van der Waals surface area contributed by atoms with Crippen molar-refractivity contribution >= 4 is 27.7 Å². The largest absolute Gasteiger partial charge is 0.416 e. The number of aryl methyl sites for hydroxylation is 1. The van der Waals surface area contributed by atoms with Crippen LogP contribution < -0.4 is 10.0 Å². The average molecular weight is 461 g/mol. The Labute approximate surface area is 178 Å². The number of hydrogen-bond acceptors (Lipinski definition) is 4. The first kappa shape index (κ1) is 24.2. The highest BCUT2D eigenvalue weighted by Crippen LogP contribution is 2.29. The normalized spacial score (nSPS) is 13.1. The lowest BCUT2D eigenvalue weighted by molar-refractivity contribution is -0.137. The first-order valence-corrected chi connectivity index (χ1v) is 11.9. The zero-order valence-electron chi connectivity index (χ0n) is 16.5. The van der Waals surface area contributed by atoms with Gasteiger partial charge < -0.3 is 5.32 Å². The summed E-state index contributed by atoms with van der Waals surface area (Å²) in [7, 11) is -3.93. The van der Waals surface area contributed by atoms with Crippen molar-refractivity contribution in [1.29, 1.82) is 0 Å². The SMILES string of the molecule is CSCCC(NS(=O)(=O)c1ccc(C)cc1)C(=O)NCc1cccc(C(F)(F)F)c1. The fraction of sp³-hybridized carbons (Fsp3) is 0.350. The van der Waals surface area contributed by atoms with E-state index in [1.165, 1.54) is 36.0 Å². The lowest BCUT2D eigenvalue weighted by Gasteiger charge is -2.18. The van der Waals surface area contributed by atoms with Crippen molar-refractivity contribution in [3.63, 3.8) is 0 Å². The molecule has 0 heterocycles. The summed E-state index contributed by atoms with van der Waals surface area (Å²) in [4.78, 5) is 12.6. The van der Waals surface area contributed by atoms with Crippen LogP contribution in [0.1, 0.15) is 23.1 Å². The Kier molecular flexibility index (Phi) is 8.34. The molecular weight excluding hydrogens is 437 g/mol. The summed E-state index contributed by atoms with van der Waals surface area (Å²) < 4.78 is 66.2. The van der Waals surface area contributed by atoms with E-state index in [-0.39, 0.29) is 23.4 Å². The summed E-state index contributed by atoms with van der Waals surface area (Å²) in [5, 5.41) is 2.53. The second-order valence-electron chi connectivity index (χ2n) is 6.68. The molecule has 1 amide bonds. The fourth-order valence-corrected chi connectivity index (χ4v) is 4.32. The van der Waals surface area contributed by atoms with Crippen LogP contribution in [-0.2, 0) is 27.5 Å². The zero-order chi connectivity index (χ0) is 22.4. The van der Waals surface area contributed by atoms with Crippen molar-refractivity contribution in [2.75, 3.05) is 12.0 Å². The monoisotopic (exact) mass is 460 g/mol. The van der Waals surface area contributed by atoms with E-state index in [4.69, 9.17) is 0 Å². The maximum absolute atomic E-state index is 12.8. The molecule has 0 radical (unpaired) electrons. The first-order valence-electron chi connectivity index (χ1n) is 9.05. The van der Waals surface area contributed by atoms with Crippen LogP contribution in [0.15, 0.2) is 53.4 Å². The van der Waals surface area contributed by atoms with Gasteiger partial charge in [-0.3, -0.25) is 4.79 Å². The van der Waals surface area contributed by atoms with Gasteiger partial charge in [0.05, 0.1) is 10.5 Å². The van der Waals surface area contributed by atoms with Crippen molar-refractivity contribution in [3.05, 3.63) is 65.2 Å². The lowest BCUT2D eigenvalue weighted by atomic mass is 10.1. The van der Waals surface area contributed by atoms with E-state index in [1.54, 1.807) is 12.1 Å². The molecule has 0 saturated heterocycles. The van der Waals surface area contributed by atoms with Crippen LogP contribution in [0.3, 0.4) is 0 Å². The van der Waals surface area contributed by atoms with Crippen molar-refractivity contribution in [3.8, 4) is 0 Å². The number of benzene rings is 2. The van der Waals surface area contributed by atoms with Gasteiger partial charge in [-0.05, 0) is 55.2 Å². The summed E-state index contributed by atoms with van der Waals surface area (Å²) in [5.74, 6) is -0.0740. The average Bonchev–Trinajstić information content (AvgIpc) is 2.69. The summed E-state index contributed by atoms with van der Waals surface area (Å²) in [6.07, 6.45) is -2.42. The molecule has 164 valence electrons. The number of nitrogens with one attached hydrogen (secondary N) is 2. The molecule has 0 bridgehead atoms. The third kappa shape index (κ3) is 7.03. The molecule has 0 aliphatic rings. The fourth-order valence-electron chi connectivity index (χ4n) is 2.62. The van der Waals surface area contributed by atoms with Crippen LogP contribution in [0.4, 0.5) is 13.2 Å². The molecule has 1 atom stereocenters. The van der Waals surface area contributed by atoms with Crippen LogP contribution in [0.25, 0.3) is 0 Å². The van der Waals surface area contributed by atoms with E-state index in [0.29, 0.717) is 5.75 Å². The van der Waals surface area contributed by atoms with Crippen molar-refractivity contribution in [1.82, 2.24) is 10.0 Å². The molecule has 10 heteroatoms. The second kappa shape index (κ2) is 10.3. The molecule has 0 spiro atoms. The molecule has 0 fully saturated rings. The predicted molar refractivity (Wildman–Crippen MR) is 112 cm³/mol. The van der Waals surface area contributed by atoms with E-state index in [2.05, 4.69) is 10.0 Å². The maximum atomic E-state index is 12.8. The van der Waals surface area contributed by atoms with E-state index < -0.39 is 33.7 Å². The summed E-state index contributed by atoms with van der Waals surface area (Å²) >= 11 is 1.45. The first-order chi connectivity index (χ1) is 14.0. The van der Waals surface area contributed by atoms with Gasteiger partial charge in [0.25, 0.3) is 0 Å². The quantitative estimate of drug-likeness (QED) is 0.598. The molecule has 5 nitrogen and oxygen atoms in total. The molecule has 30 heavy (non-hydrogen) atoms. The summed E-state index contributed by atoms with van der Waals surface area (Å²) in [6.45, 7) is 1.68. The number of thioether (sulfide) groups is 1. The molecule has 0 aromatic heterocycles. The topological polar surface area (TPSA) is 75.3 Å². The van der Waals surface area contributed by atoms with Gasteiger partial charge in [0.2, 0.25) is 15.9 Å². The highest BCUT2D eigenvalue weighted by atomic mass is 32.2. The van der Waals surface area contributed by atoms with Gasteiger partial charge in [-0.1, -0.05) is 29.8 Å². The number of alkyl halides is 3. The molecule has 2 N–H and O–H groups in total. The second-order valence-corrected chi connectivity index (χ2v) is 9.38. The molecule has 2 rings (SSSR count). The van der Waals surface area contributed by atoms with E-state index in [1.807, 2.05) is 13.2 Å². The Morgan fingerprint density at radius 3 is 2.40 bits per heavy atom. The standard InChI is InChI=1S/C20H23F3N2O3S2/c1-14-6-8-17(9-7-14)30(27,28)25-18(10-11-29-2)19(26)24-13-15-4-3-5-16(12-15)20(21,22)23/h3-9,12,18,25H,10-11,13H2,1-2H3,(H,24,26). The molecule has 2 aromatic carbocycles. The highest BCUT2D eigenvalue weighted by Gasteiger charge is 2.30. The maximum Gasteiger partial charge on any atom is 0.416 e. The van der Waals surface area contributed by atoms with Crippen molar-refractivity contribution in [2.24, 2.45) is 0 Å². The van der Waals surface area contributed by atoms with E-state index in [0.717, 1.165) is 17.7 Å². The highest BCUT2D eigenvalue weighted by molar-refractivity contribution is 7.98. The Balaban J connectivity index is 2.11. The van der Waals surface area contributed by atoms with Crippen LogP contribution in [0.5, 0.6) is 0 Å². The van der Waals surface area contributed by atoms with Crippen LogP contribution in [0.2, 0.25) is 0 Å². The molecular formula is C20H23F3N2O3S2. The summed E-state index contributed by atoms with van der Waals surface area (Å²) in [5.41, 5.74) is 0.350. The lowest BCUT2D eigenvalue weighted by Crippen LogP contribution is -2.46. The van der Waals surface area contributed by atoms with Gasteiger partial charge in [-0.2, -0.15) is 29.7 Å². The summed E-state index contributed by atoms with van der Waals surface area (Å²) in [6, 6.07) is 9.77. The molecule has 1 unspecified atom stereocenters. The predicted octanol–water partition coefficient (Wildman–Crippen LogP) is 3.73. The number of amides is 1. The molecule has 0 saturated carbocycles. The Morgan fingerprint density at radius 1 is 1.13 bits per heavy atom. The Morgan fingerprint density at radius 2 is 1.80 bits per heavy atom. The minimum Gasteiger partial charge on any atom is -0.351 e. The van der Waals surface area contributed by atoms with Crippen LogP contribution >= 0.6 is 11.8 Å². The number of rotatable bonds is 9. The smallest absolute Gasteiger partial charge is 0.351 e.